The Bertz CT molecular complexity index is 392. The van der Waals surface area contributed by atoms with Gasteiger partial charge in [0.1, 0.15) is 0 Å². The van der Waals surface area contributed by atoms with Gasteiger partial charge in [0.05, 0.1) is 11.8 Å². The van der Waals surface area contributed by atoms with Crippen LogP contribution in [-0.4, -0.2) is 22.2 Å². The Morgan fingerprint density at radius 2 is 1.81 bits per heavy atom. The Kier molecular flexibility index (Phi) is 5.28. The maximum absolute atomic E-state index is 11.5. The maximum Gasteiger partial charge on any atom is 0.306 e. The van der Waals surface area contributed by atoms with Gasteiger partial charge in [-0.05, 0) is 55.8 Å². The van der Waals surface area contributed by atoms with Crippen LogP contribution in [0.2, 0.25) is 0 Å². The number of carbonyl (C=O) groups is 2. The molecular weight excluding hydrogens is 268 g/mol. The van der Waals surface area contributed by atoms with Crippen molar-refractivity contribution in [1.29, 1.82) is 0 Å². The Balaban J connectivity index is 2.17. The number of unbranched alkanes of at least 4 members (excludes halogenated alkanes) is 1. The van der Waals surface area contributed by atoms with Crippen molar-refractivity contribution in [2.24, 2.45) is 35.5 Å². The molecule has 2 fully saturated rings. The summed E-state index contributed by atoms with van der Waals surface area (Å²) < 4.78 is 0. The summed E-state index contributed by atoms with van der Waals surface area (Å²) in [5.74, 6) is -0.413. The van der Waals surface area contributed by atoms with Gasteiger partial charge in [-0.15, -0.1) is 0 Å². The minimum atomic E-state index is -0.671. The lowest BCUT2D eigenvalue weighted by Gasteiger charge is -2.48. The fourth-order valence-corrected chi connectivity index (χ4v) is 4.78. The van der Waals surface area contributed by atoms with Gasteiger partial charge in [-0.2, -0.15) is 0 Å². The molecule has 0 saturated heterocycles. The van der Waals surface area contributed by atoms with Crippen LogP contribution in [-0.2, 0) is 9.59 Å². The summed E-state index contributed by atoms with van der Waals surface area (Å²) in [6, 6.07) is 0. The van der Waals surface area contributed by atoms with Crippen LogP contribution in [0, 0.1) is 35.5 Å². The molecule has 6 unspecified atom stereocenters. The Morgan fingerprint density at radius 3 is 2.38 bits per heavy atom. The molecule has 2 N–H and O–H groups in total. The van der Waals surface area contributed by atoms with Gasteiger partial charge >= 0.3 is 11.9 Å². The highest BCUT2D eigenvalue weighted by molar-refractivity contribution is 5.71. The molecular formula is C17H28O4. The number of rotatable bonds is 5. The first-order chi connectivity index (χ1) is 9.95. The third-order valence-corrected chi connectivity index (χ3v) is 6.02. The number of aliphatic carboxylic acids is 2. The number of carboxylic acid groups (broad SMARTS) is 2. The molecule has 2 aliphatic rings. The molecule has 0 aliphatic heterocycles. The number of carboxylic acids is 2. The van der Waals surface area contributed by atoms with Crippen LogP contribution in [0.4, 0.5) is 0 Å². The van der Waals surface area contributed by atoms with E-state index in [1.807, 2.05) is 0 Å². The topological polar surface area (TPSA) is 74.6 Å². The normalized spacial score (nSPS) is 39.5. The molecule has 2 rings (SSSR count). The van der Waals surface area contributed by atoms with E-state index >= 15 is 0 Å². The van der Waals surface area contributed by atoms with E-state index in [4.69, 9.17) is 0 Å². The van der Waals surface area contributed by atoms with Crippen molar-refractivity contribution in [2.75, 3.05) is 0 Å². The molecule has 4 nitrogen and oxygen atoms in total. The number of fused-ring (bicyclic) bond motifs is 1. The van der Waals surface area contributed by atoms with Crippen LogP contribution in [0.25, 0.3) is 0 Å². The summed E-state index contributed by atoms with van der Waals surface area (Å²) in [5, 5.41) is 18.8. The molecule has 120 valence electrons. The predicted octanol–water partition coefficient (Wildman–Crippen LogP) is 3.65. The van der Waals surface area contributed by atoms with E-state index < -0.39 is 11.9 Å². The van der Waals surface area contributed by atoms with Crippen molar-refractivity contribution in [3.8, 4) is 0 Å². The Hall–Kier alpha value is -1.06. The molecule has 0 spiro atoms. The lowest BCUT2D eigenvalue weighted by molar-refractivity contribution is -0.153. The van der Waals surface area contributed by atoms with Crippen LogP contribution in [0.5, 0.6) is 0 Å². The molecule has 0 radical (unpaired) electrons. The van der Waals surface area contributed by atoms with Gasteiger partial charge in [0.2, 0.25) is 0 Å². The zero-order valence-corrected chi connectivity index (χ0v) is 13.1. The van der Waals surface area contributed by atoms with Crippen molar-refractivity contribution < 1.29 is 19.8 Å². The van der Waals surface area contributed by atoms with Crippen molar-refractivity contribution in [1.82, 2.24) is 0 Å². The largest absolute Gasteiger partial charge is 0.481 e. The minimum Gasteiger partial charge on any atom is -0.481 e. The SMILES string of the molecule is CCCCC1C(C)C(C(=O)O)CC2CCC(C(=O)O)CC21. The van der Waals surface area contributed by atoms with Crippen LogP contribution in [0.1, 0.15) is 58.8 Å². The molecule has 0 aromatic heterocycles. The van der Waals surface area contributed by atoms with Crippen molar-refractivity contribution in [3.05, 3.63) is 0 Å². The van der Waals surface area contributed by atoms with E-state index in [1.54, 1.807) is 0 Å². The smallest absolute Gasteiger partial charge is 0.306 e. The Morgan fingerprint density at radius 1 is 1.10 bits per heavy atom. The molecule has 6 atom stereocenters. The van der Waals surface area contributed by atoms with Gasteiger partial charge < -0.3 is 10.2 Å². The van der Waals surface area contributed by atoms with Gasteiger partial charge in [-0.25, -0.2) is 0 Å². The highest BCUT2D eigenvalue weighted by atomic mass is 16.4. The average Bonchev–Trinajstić information content (AvgIpc) is 2.44. The van der Waals surface area contributed by atoms with Crippen LogP contribution in [0.3, 0.4) is 0 Å². The summed E-state index contributed by atoms with van der Waals surface area (Å²) in [4.78, 5) is 22.8. The fraction of sp³-hybridized carbons (Fsp3) is 0.882. The fourth-order valence-electron chi connectivity index (χ4n) is 4.78. The number of hydrogen-bond acceptors (Lipinski definition) is 2. The summed E-state index contributed by atoms with van der Waals surface area (Å²) >= 11 is 0. The number of hydrogen-bond donors (Lipinski definition) is 2. The second-order valence-corrected chi connectivity index (χ2v) is 7.12. The molecule has 2 saturated carbocycles. The van der Waals surface area contributed by atoms with E-state index in [1.165, 1.54) is 0 Å². The first-order valence-corrected chi connectivity index (χ1v) is 8.41. The van der Waals surface area contributed by atoms with Gasteiger partial charge in [-0.1, -0.05) is 26.7 Å². The van der Waals surface area contributed by atoms with Crippen LogP contribution in [0.15, 0.2) is 0 Å². The van der Waals surface area contributed by atoms with Gasteiger partial charge in [0.15, 0.2) is 0 Å². The second-order valence-electron chi connectivity index (χ2n) is 7.12. The zero-order chi connectivity index (χ0) is 15.6. The van der Waals surface area contributed by atoms with E-state index in [9.17, 15) is 19.8 Å². The Labute approximate surface area is 126 Å². The van der Waals surface area contributed by atoms with Crippen molar-refractivity contribution in [2.45, 2.75) is 58.8 Å². The van der Waals surface area contributed by atoms with Crippen molar-refractivity contribution >= 4 is 11.9 Å². The molecule has 0 bridgehead atoms. The van der Waals surface area contributed by atoms with E-state index in [0.29, 0.717) is 17.8 Å². The van der Waals surface area contributed by atoms with E-state index in [-0.39, 0.29) is 17.8 Å². The third kappa shape index (κ3) is 3.41. The van der Waals surface area contributed by atoms with Gasteiger partial charge in [-0.3, -0.25) is 9.59 Å². The van der Waals surface area contributed by atoms with Crippen LogP contribution >= 0.6 is 0 Å². The summed E-state index contributed by atoms with van der Waals surface area (Å²) in [6.45, 7) is 4.22. The van der Waals surface area contributed by atoms with E-state index in [2.05, 4.69) is 13.8 Å². The summed E-state index contributed by atoms with van der Waals surface area (Å²) in [7, 11) is 0. The summed E-state index contributed by atoms with van der Waals surface area (Å²) in [5.41, 5.74) is 0. The molecule has 4 heteroatoms. The highest BCUT2D eigenvalue weighted by Gasteiger charge is 2.47. The molecule has 0 aromatic rings. The zero-order valence-electron chi connectivity index (χ0n) is 13.1. The van der Waals surface area contributed by atoms with Crippen molar-refractivity contribution in [3.63, 3.8) is 0 Å². The monoisotopic (exact) mass is 296 g/mol. The molecule has 0 amide bonds. The average molecular weight is 296 g/mol. The second kappa shape index (κ2) is 6.80. The molecule has 0 heterocycles. The maximum atomic E-state index is 11.5. The minimum absolute atomic E-state index is 0.169. The quantitative estimate of drug-likeness (QED) is 0.812. The highest BCUT2D eigenvalue weighted by Crippen LogP contribution is 2.51. The first kappa shape index (κ1) is 16.3. The van der Waals surface area contributed by atoms with Gasteiger partial charge in [0.25, 0.3) is 0 Å². The standard InChI is InChI=1S/C17H28O4/c1-3-4-5-13-10(2)14(17(20)21)8-11-6-7-12(16(18)19)9-15(11)13/h10-15H,3-9H2,1-2H3,(H,18,19)(H,20,21). The lowest BCUT2D eigenvalue weighted by atomic mass is 9.56. The molecule has 2 aliphatic carbocycles. The summed E-state index contributed by atoms with van der Waals surface area (Å²) in [6.07, 6.45) is 6.39. The molecule has 21 heavy (non-hydrogen) atoms. The predicted molar refractivity (Wildman–Crippen MR) is 79.9 cm³/mol. The lowest BCUT2D eigenvalue weighted by Crippen LogP contribution is -2.45. The third-order valence-electron chi connectivity index (χ3n) is 6.02. The first-order valence-electron chi connectivity index (χ1n) is 8.41. The van der Waals surface area contributed by atoms with E-state index in [0.717, 1.165) is 44.9 Å². The van der Waals surface area contributed by atoms with Gasteiger partial charge in [0, 0.05) is 0 Å². The molecule has 0 aromatic carbocycles. The van der Waals surface area contributed by atoms with Crippen LogP contribution < -0.4 is 0 Å².